The molecule has 88 valence electrons. The molecule has 0 fully saturated rings. The fourth-order valence-electron chi connectivity index (χ4n) is 0. The minimum Gasteiger partial charge on any atom is -1.00 e. The first-order chi connectivity index (χ1) is 5.20. The second kappa shape index (κ2) is 36.0. The van der Waals surface area contributed by atoms with Crippen LogP contribution in [0.25, 0.3) is 0 Å². The number of rotatable bonds is 0. The predicted octanol–water partition coefficient (Wildman–Crippen LogP) is -11.1. The molecular formula is H7BIK2N3O9. The van der Waals surface area contributed by atoms with Crippen LogP contribution in [0.4, 0.5) is 0 Å². The second-order valence-electron chi connectivity index (χ2n) is 0.794. The average Bonchev–Trinajstić information content (AvgIpc) is 1.54. The van der Waals surface area contributed by atoms with Crippen LogP contribution < -0.4 is 133 Å². The Labute approximate surface area is 192 Å². The van der Waals surface area contributed by atoms with E-state index in [-0.39, 0.29) is 133 Å². The van der Waals surface area contributed by atoms with Crippen LogP contribution >= 0.6 is 0 Å². The quantitative estimate of drug-likeness (QED) is 0.129. The van der Waals surface area contributed by atoms with Crippen LogP contribution in [-0.4, -0.2) is 32.6 Å². The van der Waals surface area contributed by atoms with Crippen LogP contribution in [0.3, 0.4) is 0 Å². The van der Waals surface area contributed by atoms with Gasteiger partial charge in [0.25, 0.3) is 0 Å². The summed E-state index contributed by atoms with van der Waals surface area (Å²) in [6, 6.07) is 0. The summed E-state index contributed by atoms with van der Waals surface area (Å²) in [5.41, 5.74) is 0. The van der Waals surface area contributed by atoms with Gasteiger partial charge in [-0.3, -0.25) is 0 Å². The van der Waals surface area contributed by atoms with Crippen LogP contribution in [0.2, 0.25) is 0 Å². The van der Waals surface area contributed by atoms with Crippen molar-refractivity contribution in [1.29, 1.82) is 0 Å². The standard InChI is InChI=1S/BH3O3.HI.2K.2NO3.H3N/c2-1(3)4;;;;2*2-1(3)4;/h2-4H;1H;;;;;1H3/q;;2*+1;2*-1;. The van der Waals surface area contributed by atoms with E-state index < -0.39 is 17.5 Å². The van der Waals surface area contributed by atoms with Crippen molar-refractivity contribution >= 4 is 7.32 Å². The molecule has 0 aromatic carbocycles. The van der Waals surface area contributed by atoms with E-state index >= 15 is 0 Å². The molecule has 0 rings (SSSR count). The van der Waals surface area contributed by atoms with Gasteiger partial charge in [0, 0.05) is 0 Å². The molecular weight excluding hydrogens is 402 g/mol. The van der Waals surface area contributed by atoms with E-state index in [0.717, 1.165) is 0 Å². The Morgan fingerprint density at radius 1 is 0.812 bits per heavy atom. The summed E-state index contributed by atoms with van der Waals surface area (Å²) in [4.78, 5) is 16.5. The molecule has 16 heteroatoms. The van der Waals surface area contributed by atoms with E-state index in [0.29, 0.717) is 0 Å². The maximum absolute atomic E-state index is 8.25. The molecule has 0 atom stereocenters. The van der Waals surface area contributed by atoms with Gasteiger partial charge in [-0.15, -0.1) is 0 Å². The van der Waals surface area contributed by atoms with Crippen molar-refractivity contribution in [2.75, 3.05) is 0 Å². The molecule has 12 nitrogen and oxygen atoms in total. The topological polar surface area (TPSA) is 230 Å². The van der Waals surface area contributed by atoms with Crippen molar-refractivity contribution in [2.45, 2.75) is 0 Å². The molecule has 0 saturated carbocycles. The molecule has 0 aromatic rings. The van der Waals surface area contributed by atoms with Gasteiger partial charge in [0.05, 0.1) is 10.2 Å². The maximum Gasteiger partial charge on any atom is 1.00 e. The smallest absolute Gasteiger partial charge is 1.00 e. The molecule has 16 heavy (non-hydrogen) atoms. The maximum atomic E-state index is 8.25. The summed E-state index contributed by atoms with van der Waals surface area (Å²) in [6.07, 6.45) is 0. The number of quaternary nitrogens is 1. The van der Waals surface area contributed by atoms with Gasteiger partial charge < -0.3 is 75.8 Å². The van der Waals surface area contributed by atoms with Crippen LogP contribution in [0.1, 0.15) is 0 Å². The Morgan fingerprint density at radius 3 is 0.812 bits per heavy atom. The van der Waals surface area contributed by atoms with Crippen LogP contribution in [0.5, 0.6) is 0 Å². The monoisotopic (exact) mass is 409 g/mol. The Morgan fingerprint density at radius 2 is 0.812 bits per heavy atom. The van der Waals surface area contributed by atoms with Crippen molar-refractivity contribution in [2.24, 2.45) is 0 Å². The molecule has 0 radical (unpaired) electrons. The molecule has 0 heterocycles. The molecule has 0 aliphatic heterocycles. The molecule has 0 saturated heterocycles. The van der Waals surface area contributed by atoms with Crippen molar-refractivity contribution < 1.29 is 152 Å². The third-order valence-corrected chi connectivity index (χ3v) is 0. The van der Waals surface area contributed by atoms with E-state index in [1.54, 1.807) is 0 Å². The van der Waals surface area contributed by atoms with E-state index in [2.05, 4.69) is 0 Å². The van der Waals surface area contributed by atoms with Crippen LogP contribution in [0, 0.1) is 30.6 Å². The van der Waals surface area contributed by atoms with Gasteiger partial charge in [-0.25, -0.2) is 0 Å². The molecule has 0 bridgehead atoms. The summed E-state index contributed by atoms with van der Waals surface area (Å²) in [7, 11) is -2.17. The fraction of sp³-hybridized carbons (Fsp3) is 0. The SMILES string of the molecule is O=[N+]([O-])[O-].O=[N+]([O-])[O-].OB(O)O.[I-].[K+].[K+].[NH4+]. The minimum atomic E-state index is -2.17. The average molecular weight is 409 g/mol. The molecule has 0 spiro atoms. The van der Waals surface area contributed by atoms with E-state index in [9.17, 15) is 0 Å². The molecule has 7 N–H and O–H groups in total. The first kappa shape index (κ1) is 42.9. The van der Waals surface area contributed by atoms with Gasteiger partial charge in [0.15, 0.2) is 0 Å². The summed E-state index contributed by atoms with van der Waals surface area (Å²) in [6.45, 7) is 0. The number of halogens is 1. The third kappa shape index (κ3) is 718. The van der Waals surface area contributed by atoms with Gasteiger partial charge in [-0.1, -0.05) is 0 Å². The zero-order valence-electron chi connectivity index (χ0n) is 8.64. The Kier molecular flexibility index (Phi) is 96.5. The first-order valence-corrected chi connectivity index (χ1v) is 1.87. The molecule has 0 aromatic heterocycles. The largest absolute Gasteiger partial charge is 1.00 e. The number of nitrogens with zero attached hydrogens (tertiary/aromatic N) is 2. The Hall–Kier alpha value is 2.31. The van der Waals surface area contributed by atoms with Crippen molar-refractivity contribution in [3.63, 3.8) is 0 Å². The van der Waals surface area contributed by atoms with E-state index in [4.69, 9.17) is 45.7 Å². The first-order valence-electron chi connectivity index (χ1n) is 1.87. The van der Waals surface area contributed by atoms with Crippen molar-refractivity contribution in [3.8, 4) is 0 Å². The van der Waals surface area contributed by atoms with E-state index in [1.165, 1.54) is 0 Å². The zero-order chi connectivity index (χ0) is 10.7. The molecule has 0 unspecified atom stereocenters. The Bertz CT molecular complexity index is 113. The molecule has 0 amide bonds. The van der Waals surface area contributed by atoms with Gasteiger partial charge in [0.2, 0.25) is 0 Å². The van der Waals surface area contributed by atoms with E-state index in [1.807, 2.05) is 0 Å². The number of hydrogen-bond donors (Lipinski definition) is 4. The van der Waals surface area contributed by atoms with Crippen LogP contribution in [0.15, 0.2) is 0 Å². The second-order valence-corrected chi connectivity index (χ2v) is 0.794. The molecule has 0 aliphatic carbocycles. The predicted molar refractivity (Wildman–Crippen MR) is 39.1 cm³/mol. The van der Waals surface area contributed by atoms with Crippen molar-refractivity contribution in [3.05, 3.63) is 30.6 Å². The van der Waals surface area contributed by atoms with Crippen molar-refractivity contribution in [1.82, 2.24) is 6.15 Å². The Balaban J connectivity index is -0.0000000135. The normalized spacial score (nSPS) is 4.69. The zero-order valence-corrected chi connectivity index (χ0v) is 17.0. The third-order valence-electron chi connectivity index (χ3n) is 0. The van der Waals surface area contributed by atoms with Gasteiger partial charge in [0.1, 0.15) is 0 Å². The fourth-order valence-corrected chi connectivity index (χ4v) is 0. The molecule has 0 aliphatic rings. The van der Waals surface area contributed by atoms with Gasteiger partial charge in [-0.2, -0.15) is 0 Å². The van der Waals surface area contributed by atoms with Gasteiger partial charge in [-0.05, 0) is 0 Å². The number of hydrogen-bond acceptors (Lipinski definition) is 9. The summed E-state index contributed by atoms with van der Waals surface area (Å²) in [5.74, 6) is 0. The van der Waals surface area contributed by atoms with Gasteiger partial charge >= 0.3 is 110 Å². The minimum absolute atomic E-state index is 0. The summed E-state index contributed by atoms with van der Waals surface area (Å²) < 4.78 is 0. The van der Waals surface area contributed by atoms with Crippen LogP contribution in [-0.2, 0) is 0 Å². The summed E-state index contributed by atoms with van der Waals surface area (Å²) >= 11 is 0. The summed E-state index contributed by atoms with van der Waals surface area (Å²) in [5, 5.41) is 51.0.